The number of aliphatic hydroxyl groups is 1. The van der Waals surface area contributed by atoms with Crippen molar-refractivity contribution in [2.45, 2.75) is 373 Å². The van der Waals surface area contributed by atoms with Crippen LogP contribution < -0.4 is 5.32 Å². The van der Waals surface area contributed by atoms with E-state index in [0.717, 1.165) is 32.1 Å². The van der Waals surface area contributed by atoms with E-state index in [1.807, 2.05) is 27.2 Å². The summed E-state index contributed by atoms with van der Waals surface area (Å²) in [5.74, 6) is -0.169. The highest BCUT2D eigenvalue weighted by molar-refractivity contribution is 7.47. The Balaban J connectivity index is 4.06. The number of amides is 1. The number of carbonyl (C=O) groups excluding carboxylic acids is 1. The Kier molecular flexibility index (Phi) is 59.8. The molecule has 0 saturated carbocycles. The van der Waals surface area contributed by atoms with Gasteiger partial charge in [-0.2, -0.15) is 0 Å². The Hall–Kier alpha value is -1.02. The van der Waals surface area contributed by atoms with Gasteiger partial charge in [0.25, 0.3) is 0 Å². The predicted molar refractivity (Wildman–Crippen MR) is 342 cm³/mol. The van der Waals surface area contributed by atoms with Crippen LogP contribution in [0.15, 0.2) is 24.3 Å². The Labute approximate surface area is 487 Å². The molecule has 0 aromatic heterocycles. The van der Waals surface area contributed by atoms with Crippen LogP contribution in [0.3, 0.4) is 0 Å². The van der Waals surface area contributed by atoms with Gasteiger partial charge in [0.1, 0.15) is 13.2 Å². The van der Waals surface area contributed by atoms with E-state index >= 15 is 0 Å². The fourth-order valence-corrected chi connectivity index (χ4v) is 11.5. The molecule has 0 aliphatic rings. The fraction of sp³-hybridized carbons (Fsp3) is 0.928. The van der Waals surface area contributed by atoms with E-state index in [1.54, 1.807) is 6.08 Å². The molecule has 0 rings (SSSR count). The Bertz CT molecular complexity index is 1320. The summed E-state index contributed by atoms with van der Waals surface area (Å²) in [4.78, 5) is 23.4. The summed E-state index contributed by atoms with van der Waals surface area (Å²) in [6.45, 7) is 4.88. The van der Waals surface area contributed by atoms with Crippen molar-refractivity contribution in [3.05, 3.63) is 24.3 Å². The number of hydrogen-bond donors (Lipinski definition) is 3. The van der Waals surface area contributed by atoms with Gasteiger partial charge in [0.05, 0.1) is 39.9 Å². The van der Waals surface area contributed by atoms with Gasteiger partial charge in [0, 0.05) is 6.42 Å². The van der Waals surface area contributed by atoms with Gasteiger partial charge < -0.3 is 19.8 Å². The van der Waals surface area contributed by atoms with E-state index in [2.05, 4.69) is 31.3 Å². The molecule has 3 atom stereocenters. The first-order chi connectivity index (χ1) is 38.0. The molecule has 0 bridgehead atoms. The van der Waals surface area contributed by atoms with Crippen molar-refractivity contribution in [3.63, 3.8) is 0 Å². The second-order valence-corrected chi connectivity index (χ2v) is 26.7. The molecular weight excluding hydrogens is 984 g/mol. The molecule has 0 spiro atoms. The minimum absolute atomic E-state index is 0.0641. The first kappa shape index (κ1) is 77.0. The maximum absolute atomic E-state index is 13.0. The third-order valence-corrected chi connectivity index (χ3v) is 17.1. The number of likely N-dealkylation sites (N-methyl/N-ethyl adjacent to an activating group) is 1. The first-order valence-corrected chi connectivity index (χ1v) is 36.2. The van der Waals surface area contributed by atoms with Crippen LogP contribution >= 0.6 is 7.82 Å². The van der Waals surface area contributed by atoms with Crippen molar-refractivity contribution >= 4 is 13.7 Å². The van der Waals surface area contributed by atoms with E-state index in [1.165, 1.54) is 308 Å². The number of phosphoric acid groups is 1. The quantitative estimate of drug-likeness (QED) is 0.0243. The molecule has 0 aromatic rings. The van der Waals surface area contributed by atoms with Gasteiger partial charge in [-0.25, -0.2) is 4.57 Å². The third kappa shape index (κ3) is 62.6. The van der Waals surface area contributed by atoms with E-state index in [-0.39, 0.29) is 19.1 Å². The summed E-state index contributed by atoms with van der Waals surface area (Å²) in [6, 6.07) is -0.846. The highest BCUT2D eigenvalue weighted by atomic mass is 31.2. The number of unbranched alkanes of at least 4 members (excludes halogenated alkanes) is 50. The molecule has 0 saturated heterocycles. The first-order valence-electron chi connectivity index (χ1n) is 34.7. The third-order valence-electron chi connectivity index (χ3n) is 16.2. The van der Waals surface area contributed by atoms with Crippen LogP contribution in [-0.4, -0.2) is 73.4 Å². The van der Waals surface area contributed by atoms with Gasteiger partial charge in [0.15, 0.2) is 0 Å². The summed E-state index contributed by atoms with van der Waals surface area (Å²) in [5, 5.41) is 14.0. The average Bonchev–Trinajstić information content (AvgIpc) is 3.41. The van der Waals surface area contributed by atoms with Crippen LogP contribution in [-0.2, 0) is 18.4 Å². The lowest BCUT2D eigenvalue weighted by Gasteiger charge is -2.25. The van der Waals surface area contributed by atoms with E-state index in [9.17, 15) is 19.4 Å². The molecule has 3 N–H and O–H groups in total. The summed E-state index contributed by atoms with van der Waals surface area (Å²) < 4.78 is 23.8. The minimum Gasteiger partial charge on any atom is -0.387 e. The second-order valence-electron chi connectivity index (χ2n) is 25.3. The number of nitrogens with one attached hydrogen (secondary N) is 1. The number of allylic oxidation sites excluding steroid dienone is 3. The second kappa shape index (κ2) is 60.6. The molecule has 0 radical (unpaired) electrons. The van der Waals surface area contributed by atoms with Crippen molar-refractivity contribution in [2.75, 3.05) is 40.9 Å². The van der Waals surface area contributed by atoms with E-state index < -0.39 is 20.0 Å². The largest absolute Gasteiger partial charge is 0.472 e. The molecule has 0 heterocycles. The maximum atomic E-state index is 13.0. The smallest absolute Gasteiger partial charge is 0.387 e. The van der Waals surface area contributed by atoms with Gasteiger partial charge in [-0.3, -0.25) is 13.8 Å². The number of hydrogen-bond acceptors (Lipinski definition) is 5. The van der Waals surface area contributed by atoms with Crippen molar-refractivity contribution in [3.8, 4) is 0 Å². The van der Waals surface area contributed by atoms with Gasteiger partial charge in [-0.05, 0) is 44.9 Å². The van der Waals surface area contributed by atoms with Gasteiger partial charge in [-0.1, -0.05) is 334 Å². The van der Waals surface area contributed by atoms with Crippen LogP contribution in [0.25, 0.3) is 0 Å². The number of rotatable bonds is 65. The van der Waals surface area contributed by atoms with Crippen LogP contribution in [0.1, 0.15) is 361 Å². The number of nitrogens with zero attached hydrogens (tertiary/aromatic N) is 1. The SMILES string of the molecule is CCCCCCCCCC/C=C\CCCCCCCCCCCCCCCCCC(=O)NC(COP(=O)(O)OCC[N+](C)(C)C)C(O)/C=C/CCCCCCCCCCCCCCCCCCCCCCCCCCCCC. The number of phosphoric ester groups is 1. The van der Waals surface area contributed by atoms with Crippen molar-refractivity contribution in [2.24, 2.45) is 0 Å². The molecule has 0 fully saturated rings. The number of aliphatic hydroxyl groups excluding tert-OH is 1. The van der Waals surface area contributed by atoms with Crippen molar-refractivity contribution in [1.82, 2.24) is 5.32 Å². The number of carbonyl (C=O) groups is 1. The van der Waals surface area contributed by atoms with Crippen LogP contribution in [0, 0.1) is 0 Å². The molecule has 0 aliphatic carbocycles. The Morgan fingerprint density at radius 1 is 0.423 bits per heavy atom. The molecular formula is C69H138N2O6P+. The molecule has 464 valence electrons. The standard InChI is InChI=1S/C69H137N2O6P/c1-6-8-10-12-14-16-18-20-22-24-26-28-30-32-34-35-37-38-40-42-44-46-48-50-52-54-56-58-60-62-68(72)67(66-77-78(74,75)76-65-64-71(3,4)5)70-69(73)63-61-59-57-55-53-51-49-47-45-43-41-39-36-33-31-29-27-25-23-21-19-17-15-13-11-9-7-2/h25,27,60,62,67-68,72H,6-24,26,28-59,61,63-66H2,1-5H3,(H-,70,73,74,75)/p+1/b27-25-,62-60+. The van der Waals surface area contributed by atoms with Crippen molar-refractivity contribution in [1.29, 1.82) is 0 Å². The molecule has 8 nitrogen and oxygen atoms in total. The monoisotopic (exact) mass is 1120 g/mol. The fourth-order valence-electron chi connectivity index (χ4n) is 10.7. The topological polar surface area (TPSA) is 105 Å². The Morgan fingerprint density at radius 3 is 0.987 bits per heavy atom. The van der Waals surface area contributed by atoms with Gasteiger partial charge >= 0.3 is 7.82 Å². The van der Waals surface area contributed by atoms with E-state index in [4.69, 9.17) is 9.05 Å². The summed E-state index contributed by atoms with van der Waals surface area (Å²) in [7, 11) is 1.59. The van der Waals surface area contributed by atoms with Crippen LogP contribution in [0.2, 0.25) is 0 Å². The zero-order valence-electron chi connectivity index (χ0n) is 53.2. The molecule has 0 aliphatic heterocycles. The summed E-state index contributed by atoms with van der Waals surface area (Å²) in [6.07, 6.45) is 78.9. The molecule has 1 amide bonds. The van der Waals surface area contributed by atoms with Crippen LogP contribution in [0.5, 0.6) is 0 Å². The predicted octanol–water partition coefficient (Wildman–Crippen LogP) is 21.9. The van der Waals surface area contributed by atoms with Gasteiger partial charge in [-0.15, -0.1) is 0 Å². The molecule has 3 unspecified atom stereocenters. The lowest BCUT2D eigenvalue weighted by Crippen LogP contribution is -2.45. The molecule has 9 heteroatoms. The van der Waals surface area contributed by atoms with Crippen LogP contribution in [0.4, 0.5) is 0 Å². The molecule has 0 aromatic carbocycles. The zero-order valence-corrected chi connectivity index (χ0v) is 54.1. The summed E-state index contributed by atoms with van der Waals surface area (Å²) >= 11 is 0. The lowest BCUT2D eigenvalue weighted by molar-refractivity contribution is -0.870. The Morgan fingerprint density at radius 2 is 0.692 bits per heavy atom. The van der Waals surface area contributed by atoms with E-state index in [0.29, 0.717) is 17.4 Å². The normalized spacial score (nSPS) is 13.8. The minimum atomic E-state index is -4.35. The average molecular weight is 1120 g/mol. The highest BCUT2D eigenvalue weighted by Gasteiger charge is 2.28. The molecule has 78 heavy (non-hydrogen) atoms. The van der Waals surface area contributed by atoms with Crippen molar-refractivity contribution < 1.29 is 32.9 Å². The van der Waals surface area contributed by atoms with Gasteiger partial charge in [0.2, 0.25) is 5.91 Å². The zero-order chi connectivity index (χ0) is 57.0. The summed E-state index contributed by atoms with van der Waals surface area (Å²) in [5.41, 5.74) is 0. The highest BCUT2D eigenvalue weighted by Crippen LogP contribution is 2.43. The number of quaternary nitrogens is 1. The lowest BCUT2D eigenvalue weighted by atomic mass is 10.0. The maximum Gasteiger partial charge on any atom is 0.472 e.